The molecule has 3 rings (SSSR count). The highest BCUT2D eigenvalue weighted by Crippen LogP contribution is 2.33. The van der Waals surface area contributed by atoms with E-state index in [1.54, 1.807) is 11.7 Å². The average Bonchev–Trinajstić information content (AvgIpc) is 3.11. The molecule has 1 aliphatic carbocycles. The number of thiazole rings is 1. The van der Waals surface area contributed by atoms with Gasteiger partial charge in [-0.2, -0.15) is 4.98 Å². The van der Waals surface area contributed by atoms with Gasteiger partial charge in [0.05, 0.1) is 10.4 Å². The summed E-state index contributed by atoms with van der Waals surface area (Å²) in [4.78, 5) is 9.53. The average molecular weight is 278 g/mol. The summed E-state index contributed by atoms with van der Waals surface area (Å²) in [6.07, 6.45) is 6.42. The van der Waals surface area contributed by atoms with Gasteiger partial charge in [0.1, 0.15) is 0 Å². The van der Waals surface area contributed by atoms with E-state index in [0.29, 0.717) is 17.8 Å². The summed E-state index contributed by atoms with van der Waals surface area (Å²) >= 11 is 1.54. The van der Waals surface area contributed by atoms with Crippen LogP contribution in [0.2, 0.25) is 0 Å². The van der Waals surface area contributed by atoms with Crippen molar-refractivity contribution < 1.29 is 4.52 Å². The molecule has 102 valence electrons. The van der Waals surface area contributed by atoms with Gasteiger partial charge in [-0.3, -0.25) is 4.98 Å². The maximum Gasteiger partial charge on any atom is 0.230 e. The molecule has 2 aromatic rings. The molecule has 1 saturated carbocycles. The third-order valence-corrected chi connectivity index (χ3v) is 4.43. The van der Waals surface area contributed by atoms with Crippen molar-refractivity contribution in [3.63, 3.8) is 0 Å². The van der Waals surface area contributed by atoms with Gasteiger partial charge < -0.3 is 9.84 Å². The Morgan fingerprint density at radius 1 is 1.37 bits per heavy atom. The Morgan fingerprint density at radius 3 is 2.89 bits per heavy atom. The van der Waals surface area contributed by atoms with Gasteiger partial charge >= 0.3 is 0 Å². The van der Waals surface area contributed by atoms with E-state index in [-0.39, 0.29) is 0 Å². The predicted octanol–water partition coefficient (Wildman–Crippen LogP) is 2.83. The predicted molar refractivity (Wildman–Crippen MR) is 74.1 cm³/mol. The van der Waals surface area contributed by atoms with Crippen LogP contribution in [0.1, 0.15) is 44.4 Å². The summed E-state index contributed by atoms with van der Waals surface area (Å²) in [7, 11) is 0. The summed E-state index contributed by atoms with van der Waals surface area (Å²) in [5, 5.41) is 7.57. The third kappa shape index (κ3) is 2.84. The van der Waals surface area contributed by atoms with Crippen molar-refractivity contribution in [2.24, 2.45) is 0 Å². The van der Waals surface area contributed by atoms with Crippen LogP contribution in [-0.2, 0) is 0 Å². The van der Waals surface area contributed by atoms with Gasteiger partial charge in [0, 0.05) is 18.2 Å². The smallest absolute Gasteiger partial charge is 0.230 e. The molecule has 2 heterocycles. The van der Waals surface area contributed by atoms with E-state index in [2.05, 4.69) is 27.4 Å². The number of nitrogens with one attached hydrogen (secondary N) is 1. The van der Waals surface area contributed by atoms with Crippen molar-refractivity contribution in [3.8, 4) is 10.7 Å². The Morgan fingerprint density at radius 2 is 2.21 bits per heavy atom. The molecule has 0 radical (unpaired) electrons. The van der Waals surface area contributed by atoms with Crippen LogP contribution in [0.15, 0.2) is 16.2 Å². The first-order valence-electron chi connectivity index (χ1n) is 6.82. The first kappa shape index (κ1) is 12.7. The van der Waals surface area contributed by atoms with E-state index in [9.17, 15) is 0 Å². The summed E-state index contributed by atoms with van der Waals surface area (Å²) in [6.45, 7) is 3.21. The van der Waals surface area contributed by atoms with E-state index in [1.807, 2.05) is 0 Å². The summed E-state index contributed by atoms with van der Waals surface area (Å²) < 4.78 is 5.42. The van der Waals surface area contributed by atoms with Gasteiger partial charge in [-0.1, -0.05) is 12.1 Å². The molecule has 1 aliphatic rings. The third-order valence-electron chi connectivity index (χ3n) is 3.66. The largest absolute Gasteiger partial charge is 0.339 e. The van der Waals surface area contributed by atoms with Crippen LogP contribution < -0.4 is 5.32 Å². The molecule has 2 aromatic heterocycles. The topological polar surface area (TPSA) is 63.8 Å². The fourth-order valence-electron chi connectivity index (χ4n) is 2.66. The maximum atomic E-state index is 5.42. The quantitative estimate of drug-likeness (QED) is 0.931. The molecule has 1 fully saturated rings. The van der Waals surface area contributed by atoms with Crippen LogP contribution in [-0.4, -0.2) is 27.7 Å². The monoisotopic (exact) mass is 278 g/mol. The zero-order chi connectivity index (χ0) is 13.1. The molecule has 19 heavy (non-hydrogen) atoms. The zero-order valence-electron chi connectivity index (χ0n) is 11.0. The first-order chi connectivity index (χ1) is 9.36. The normalized spacial score (nSPS) is 23.6. The van der Waals surface area contributed by atoms with Crippen LogP contribution in [0.5, 0.6) is 0 Å². The highest BCUT2D eigenvalue weighted by molar-refractivity contribution is 7.13. The Labute approximate surface area is 116 Å². The van der Waals surface area contributed by atoms with Crippen molar-refractivity contribution in [2.45, 2.75) is 44.6 Å². The molecule has 0 bridgehead atoms. The highest BCUT2D eigenvalue weighted by Gasteiger charge is 2.26. The number of rotatable bonds is 4. The van der Waals surface area contributed by atoms with Crippen LogP contribution in [0.25, 0.3) is 10.7 Å². The minimum atomic E-state index is 0.420. The maximum absolute atomic E-state index is 5.42. The number of hydrogen-bond donors (Lipinski definition) is 1. The minimum Gasteiger partial charge on any atom is -0.339 e. The Balaban J connectivity index is 1.64. The number of nitrogens with zero attached hydrogens (tertiary/aromatic N) is 3. The lowest BCUT2D eigenvalue weighted by atomic mass is 9.86. The Kier molecular flexibility index (Phi) is 3.89. The van der Waals surface area contributed by atoms with Crippen molar-refractivity contribution in [2.75, 3.05) is 6.54 Å². The molecular weight excluding hydrogens is 260 g/mol. The van der Waals surface area contributed by atoms with E-state index >= 15 is 0 Å². The molecule has 0 saturated heterocycles. The molecular formula is C13H18N4OS. The molecule has 0 amide bonds. The van der Waals surface area contributed by atoms with E-state index < -0.39 is 0 Å². The van der Waals surface area contributed by atoms with Crippen molar-refractivity contribution in [1.82, 2.24) is 20.4 Å². The molecule has 0 spiro atoms. The van der Waals surface area contributed by atoms with E-state index in [1.165, 1.54) is 24.2 Å². The van der Waals surface area contributed by atoms with Crippen LogP contribution >= 0.6 is 11.3 Å². The molecule has 1 N–H and O–H groups in total. The van der Waals surface area contributed by atoms with Gasteiger partial charge in [-0.05, 0) is 32.2 Å². The molecule has 6 heteroatoms. The number of hydrogen-bond acceptors (Lipinski definition) is 6. The van der Waals surface area contributed by atoms with Gasteiger partial charge in [-0.15, -0.1) is 11.3 Å². The lowest BCUT2D eigenvalue weighted by molar-refractivity contribution is 0.285. The van der Waals surface area contributed by atoms with E-state index in [4.69, 9.17) is 4.52 Å². The fraction of sp³-hybridized carbons (Fsp3) is 0.615. The minimum absolute atomic E-state index is 0.420. The van der Waals surface area contributed by atoms with E-state index in [0.717, 1.165) is 30.2 Å². The van der Waals surface area contributed by atoms with Crippen molar-refractivity contribution >= 4 is 11.3 Å². The van der Waals surface area contributed by atoms with Crippen LogP contribution in [0.4, 0.5) is 0 Å². The van der Waals surface area contributed by atoms with Gasteiger partial charge in [-0.25, -0.2) is 0 Å². The molecule has 0 atom stereocenters. The second kappa shape index (κ2) is 5.79. The zero-order valence-corrected chi connectivity index (χ0v) is 11.8. The number of aromatic nitrogens is 3. The Hall–Kier alpha value is -1.27. The van der Waals surface area contributed by atoms with Crippen molar-refractivity contribution in [3.05, 3.63) is 17.6 Å². The lowest BCUT2D eigenvalue weighted by Gasteiger charge is -2.26. The summed E-state index contributed by atoms with van der Waals surface area (Å²) in [6, 6.07) is 0.658. The first-order valence-corrected chi connectivity index (χ1v) is 7.70. The summed E-state index contributed by atoms with van der Waals surface area (Å²) in [5.41, 5.74) is 1.78. The van der Waals surface area contributed by atoms with Gasteiger partial charge in [0.15, 0.2) is 0 Å². The molecule has 0 aliphatic heterocycles. The summed E-state index contributed by atoms with van der Waals surface area (Å²) in [5.74, 6) is 1.88. The lowest BCUT2D eigenvalue weighted by Crippen LogP contribution is -2.32. The van der Waals surface area contributed by atoms with Crippen molar-refractivity contribution in [1.29, 1.82) is 0 Å². The standard InChI is InChI=1S/C13H18N4OS/c1-2-15-10-5-3-9(4-6-10)13-16-12(17-18-13)11-7-14-8-19-11/h7-10,15H,2-6H2,1H3. The highest BCUT2D eigenvalue weighted by atomic mass is 32.1. The molecule has 0 unspecified atom stereocenters. The van der Waals surface area contributed by atoms with Gasteiger partial charge in [0.25, 0.3) is 0 Å². The SMILES string of the molecule is CCNC1CCC(c2nc(-c3cncs3)no2)CC1. The fourth-order valence-corrected chi connectivity index (χ4v) is 3.21. The molecule has 0 aromatic carbocycles. The van der Waals surface area contributed by atoms with Gasteiger partial charge in [0.2, 0.25) is 11.7 Å². The second-order valence-electron chi connectivity index (χ2n) is 4.93. The van der Waals surface area contributed by atoms with Crippen LogP contribution in [0, 0.1) is 0 Å². The van der Waals surface area contributed by atoms with Crippen LogP contribution in [0.3, 0.4) is 0 Å². The second-order valence-corrected chi connectivity index (χ2v) is 5.81. The molecule has 5 nitrogen and oxygen atoms in total. The Bertz CT molecular complexity index is 502.